The summed E-state index contributed by atoms with van der Waals surface area (Å²) >= 11 is 1.96. The Hall–Kier alpha value is 0.310. The van der Waals surface area contributed by atoms with E-state index >= 15 is 0 Å². The third-order valence-electron chi connectivity index (χ3n) is 2.72. The van der Waals surface area contributed by atoms with E-state index in [2.05, 4.69) is 18.6 Å². The van der Waals surface area contributed by atoms with Crippen molar-refractivity contribution in [1.29, 1.82) is 0 Å². The molecule has 1 saturated carbocycles. The first-order chi connectivity index (χ1) is 5.38. The van der Waals surface area contributed by atoms with Gasteiger partial charge in [-0.2, -0.15) is 11.8 Å². The van der Waals surface area contributed by atoms with Gasteiger partial charge in [-0.1, -0.05) is 6.42 Å². The zero-order valence-electron chi connectivity index (χ0n) is 7.60. The van der Waals surface area contributed by atoms with Crippen LogP contribution in [0.25, 0.3) is 0 Å². The van der Waals surface area contributed by atoms with Gasteiger partial charge < -0.3 is 5.32 Å². The van der Waals surface area contributed by atoms with Crippen LogP contribution in [0.1, 0.15) is 25.7 Å². The first kappa shape index (κ1) is 9.40. The second-order valence-electron chi connectivity index (χ2n) is 3.37. The molecule has 0 aromatic carbocycles. The maximum absolute atomic E-state index is 3.43. The van der Waals surface area contributed by atoms with Crippen molar-refractivity contribution in [1.82, 2.24) is 5.32 Å². The van der Waals surface area contributed by atoms with Crippen LogP contribution in [-0.4, -0.2) is 25.1 Å². The molecule has 1 N–H and O–H groups in total. The molecule has 0 heterocycles. The lowest BCUT2D eigenvalue weighted by Gasteiger charge is -2.33. The van der Waals surface area contributed by atoms with Crippen molar-refractivity contribution >= 4 is 11.8 Å². The van der Waals surface area contributed by atoms with Crippen molar-refractivity contribution in [2.45, 2.75) is 31.7 Å². The molecule has 1 aliphatic carbocycles. The first-order valence-corrected chi connectivity index (χ1v) is 5.94. The molecule has 1 atom stereocenters. The highest BCUT2D eigenvalue weighted by Gasteiger charge is 2.25. The number of hydrogen-bond acceptors (Lipinski definition) is 2. The number of hydrogen-bond donors (Lipinski definition) is 1. The van der Waals surface area contributed by atoms with E-state index in [1.165, 1.54) is 31.4 Å². The van der Waals surface area contributed by atoms with Crippen LogP contribution in [0.15, 0.2) is 0 Å². The molecule has 66 valence electrons. The van der Waals surface area contributed by atoms with Crippen molar-refractivity contribution in [3.8, 4) is 0 Å². The summed E-state index contributed by atoms with van der Waals surface area (Å²) in [5.41, 5.74) is 0. The monoisotopic (exact) mass is 173 g/mol. The molecule has 11 heavy (non-hydrogen) atoms. The Morgan fingerprint density at radius 2 is 2.27 bits per heavy atom. The minimum Gasteiger partial charge on any atom is -0.317 e. The van der Waals surface area contributed by atoms with E-state index in [1.807, 2.05) is 11.8 Å². The van der Waals surface area contributed by atoms with E-state index in [0.717, 1.165) is 12.0 Å². The van der Waals surface area contributed by atoms with Crippen LogP contribution < -0.4 is 5.32 Å². The largest absolute Gasteiger partial charge is 0.317 e. The molecule has 2 heteroatoms. The van der Waals surface area contributed by atoms with Gasteiger partial charge >= 0.3 is 0 Å². The lowest BCUT2D eigenvalue weighted by atomic mass is 9.79. The molecule has 1 nitrogen and oxygen atoms in total. The lowest BCUT2D eigenvalue weighted by molar-refractivity contribution is 0.233. The zero-order chi connectivity index (χ0) is 8.10. The van der Waals surface area contributed by atoms with Crippen molar-refractivity contribution in [3.63, 3.8) is 0 Å². The average molecular weight is 173 g/mol. The molecule has 0 spiro atoms. The molecule has 0 saturated heterocycles. The minimum atomic E-state index is 0.802. The molecule has 0 aromatic rings. The van der Waals surface area contributed by atoms with Crippen LogP contribution >= 0.6 is 11.8 Å². The first-order valence-electron chi connectivity index (χ1n) is 4.54. The number of thioether (sulfide) groups is 1. The summed E-state index contributed by atoms with van der Waals surface area (Å²) in [5.74, 6) is 2.30. The Labute approximate surface area is 74.3 Å². The van der Waals surface area contributed by atoms with Crippen molar-refractivity contribution < 1.29 is 0 Å². The van der Waals surface area contributed by atoms with Gasteiger partial charge in [0.2, 0.25) is 0 Å². The number of rotatable bonds is 5. The molecule has 0 aromatic heterocycles. The SMILES string of the molecule is CNC(CCSC)C1CCC1. The van der Waals surface area contributed by atoms with Crippen LogP contribution in [-0.2, 0) is 0 Å². The summed E-state index contributed by atoms with van der Waals surface area (Å²) in [4.78, 5) is 0. The standard InChI is InChI=1S/C9H19NS/c1-10-9(6-7-11-2)8-4-3-5-8/h8-10H,3-7H2,1-2H3. The van der Waals surface area contributed by atoms with Crippen LogP contribution in [0.3, 0.4) is 0 Å². The smallest absolute Gasteiger partial charge is 0.0100 e. The van der Waals surface area contributed by atoms with E-state index in [-0.39, 0.29) is 0 Å². The van der Waals surface area contributed by atoms with Gasteiger partial charge in [0, 0.05) is 6.04 Å². The van der Waals surface area contributed by atoms with E-state index in [4.69, 9.17) is 0 Å². The van der Waals surface area contributed by atoms with E-state index in [0.29, 0.717) is 0 Å². The highest BCUT2D eigenvalue weighted by molar-refractivity contribution is 7.98. The quantitative estimate of drug-likeness (QED) is 0.683. The molecule has 0 radical (unpaired) electrons. The molecule has 1 unspecified atom stereocenters. The van der Waals surface area contributed by atoms with Crippen molar-refractivity contribution in [3.05, 3.63) is 0 Å². The number of nitrogens with one attached hydrogen (secondary N) is 1. The predicted molar refractivity (Wildman–Crippen MR) is 53.2 cm³/mol. The Morgan fingerprint density at radius 1 is 1.55 bits per heavy atom. The van der Waals surface area contributed by atoms with Crippen LogP contribution in [0.2, 0.25) is 0 Å². The maximum Gasteiger partial charge on any atom is 0.0100 e. The van der Waals surface area contributed by atoms with Crippen molar-refractivity contribution in [2.24, 2.45) is 5.92 Å². The van der Waals surface area contributed by atoms with Gasteiger partial charge in [-0.25, -0.2) is 0 Å². The van der Waals surface area contributed by atoms with E-state index in [1.54, 1.807) is 0 Å². The fourth-order valence-corrected chi connectivity index (χ4v) is 2.19. The van der Waals surface area contributed by atoms with E-state index in [9.17, 15) is 0 Å². The van der Waals surface area contributed by atoms with Gasteiger partial charge in [-0.05, 0) is 44.2 Å². The molecule has 1 fully saturated rings. The molecular weight excluding hydrogens is 154 g/mol. The van der Waals surface area contributed by atoms with Gasteiger partial charge in [0.25, 0.3) is 0 Å². The lowest BCUT2D eigenvalue weighted by Crippen LogP contribution is -2.37. The minimum absolute atomic E-state index is 0.802. The average Bonchev–Trinajstić information content (AvgIpc) is 1.93. The Balaban J connectivity index is 2.13. The summed E-state index contributed by atoms with van der Waals surface area (Å²) < 4.78 is 0. The fraction of sp³-hybridized carbons (Fsp3) is 1.00. The molecule has 1 aliphatic rings. The topological polar surface area (TPSA) is 12.0 Å². The summed E-state index contributed by atoms with van der Waals surface area (Å²) in [6.45, 7) is 0. The van der Waals surface area contributed by atoms with Crippen LogP contribution in [0, 0.1) is 5.92 Å². The van der Waals surface area contributed by atoms with Gasteiger partial charge in [0.15, 0.2) is 0 Å². The Bertz CT molecular complexity index is 102. The summed E-state index contributed by atoms with van der Waals surface area (Å²) in [7, 11) is 2.10. The van der Waals surface area contributed by atoms with Gasteiger partial charge in [0.05, 0.1) is 0 Å². The van der Waals surface area contributed by atoms with Gasteiger partial charge in [-0.3, -0.25) is 0 Å². The zero-order valence-corrected chi connectivity index (χ0v) is 8.41. The predicted octanol–water partition coefficient (Wildman–Crippen LogP) is 2.13. The summed E-state index contributed by atoms with van der Waals surface area (Å²) in [6.07, 6.45) is 7.91. The molecule has 0 aliphatic heterocycles. The van der Waals surface area contributed by atoms with Crippen LogP contribution in [0.4, 0.5) is 0 Å². The Kier molecular flexibility index (Phi) is 4.31. The third kappa shape index (κ3) is 2.68. The molecule has 0 bridgehead atoms. The van der Waals surface area contributed by atoms with Gasteiger partial charge in [-0.15, -0.1) is 0 Å². The third-order valence-corrected chi connectivity index (χ3v) is 3.37. The second kappa shape index (κ2) is 5.04. The molecular formula is C9H19NS. The summed E-state index contributed by atoms with van der Waals surface area (Å²) in [6, 6.07) is 0.802. The van der Waals surface area contributed by atoms with E-state index < -0.39 is 0 Å². The fourth-order valence-electron chi connectivity index (χ4n) is 1.70. The van der Waals surface area contributed by atoms with Crippen LogP contribution in [0.5, 0.6) is 0 Å². The highest BCUT2D eigenvalue weighted by atomic mass is 32.2. The van der Waals surface area contributed by atoms with Crippen molar-refractivity contribution in [2.75, 3.05) is 19.1 Å². The Morgan fingerprint density at radius 3 is 2.64 bits per heavy atom. The summed E-state index contributed by atoms with van der Waals surface area (Å²) in [5, 5.41) is 3.43. The molecule has 1 rings (SSSR count). The van der Waals surface area contributed by atoms with Gasteiger partial charge in [0.1, 0.15) is 0 Å². The normalized spacial score (nSPS) is 21.3. The molecule has 0 amide bonds. The highest BCUT2D eigenvalue weighted by Crippen LogP contribution is 2.31. The second-order valence-corrected chi connectivity index (χ2v) is 4.35. The maximum atomic E-state index is 3.43.